The van der Waals surface area contributed by atoms with Gasteiger partial charge in [-0.3, -0.25) is 9.59 Å². The topological polar surface area (TPSA) is 67.9 Å². The number of aryl methyl sites for hydroxylation is 1. The molecule has 1 aliphatic rings. The van der Waals surface area contributed by atoms with Gasteiger partial charge in [-0.25, -0.2) is 0 Å². The molecule has 0 radical (unpaired) electrons. The highest BCUT2D eigenvalue weighted by Crippen LogP contribution is 2.32. The molecule has 0 unspecified atom stereocenters. The van der Waals surface area contributed by atoms with Crippen molar-refractivity contribution in [2.75, 3.05) is 24.8 Å². The Hall–Kier alpha value is -3.80. The first-order valence-electron chi connectivity index (χ1n) is 10.2. The van der Waals surface area contributed by atoms with Crippen molar-refractivity contribution >= 4 is 17.5 Å². The van der Waals surface area contributed by atoms with E-state index in [1.165, 1.54) is 0 Å². The van der Waals surface area contributed by atoms with Gasteiger partial charge in [0.1, 0.15) is 0 Å². The number of rotatable bonds is 7. The average molecular weight is 416 g/mol. The van der Waals surface area contributed by atoms with Crippen LogP contribution >= 0.6 is 0 Å². The summed E-state index contributed by atoms with van der Waals surface area (Å²) >= 11 is 0. The Kier molecular flexibility index (Phi) is 6.17. The summed E-state index contributed by atoms with van der Waals surface area (Å²) in [5, 5.41) is 2.91. The van der Waals surface area contributed by atoms with Crippen molar-refractivity contribution in [2.45, 2.75) is 13.3 Å². The van der Waals surface area contributed by atoms with Crippen molar-refractivity contribution in [3.8, 4) is 11.5 Å². The van der Waals surface area contributed by atoms with Gasteiger partial charge in [0.05, 0.1) is 0 Å². The number of nitrogens with one attached hydrogen (secondary N) is 1. The lowest BCUT2D eigenvalue weighted by atomic mass is 10.1. The third kappa shape index (κ3) is 4.69. The first-order valence-corrected chi connectivity index (χ1v) is 10.2. The van der Waals surface area contributed by atoms with Crippen molar-refractivity contribution in [3.63, 3.8) is 0 Å². The minimum absolute atomic E-state index is 0.0496. The van der Waals surface area contributed by atoms with E-state index in [4.69, 9.17) is 9.47 Å². The number of amides is 2. The van der Waals surface area contributed by atoms with Gasteiger partial charge in [-0.15, -0.1) is 0 Å². The zero-order valence-electron chi connectivity index (χ0n) is 17.3. The Morgan fingerprint density at radius 1 is 0.935 bits per heavy atom. The van der Waals surface area contributed by atoms with Gasteiger partial charge in [-0.1, -0.05) is 36.4 Å². The average Bonchev–Trinajstić information content (AvgIpc) is 3.27. The van der Waals surface area contributed by atoms with Crippen LogP contribution in [-0.4, -0.2) is 31.7 Å². The number of hydrogen-bond donors (Lipinski definition) is 1. The van der Waals surface area contributed by atoms with Gasteiger partial charge < -0.3 is 19.7 Å². The second-order valence-corrected chi connectivity index (χ2v) is 7.28. The van der Waals surface area contributed by atoms with Crippen LogP contribution in [0.1, 0.15) is 32.7 Å². The molecule has 3 aromatic carbocycles. The van der Waals surface area contributed by atoms with Crippen LogP contribution in [0.3, 0.4) is 0 Å². The zero-order chi connectivity index (χ0) is 21.6. The highest BCUT2D eigenvalue weighted by molar-refractivity contribution is 6.07. The highest BCUT2D eigenvalue weighted by Gasteiger charge is 2.19. The predicted octanol–water partition coefficient (Wildman–Crippen LogP) is 4.19. The molecule has 1 N–H and O–H groups in total. The smallest absolute Gasteiger partial charge is 0.258 e. The van der Waals surface area contributed by atoms with E-state index in [1.807, 2.05) is 61.5 Å². The molecule has 2 amide bonds. The SMILES string of the molecule is Cc1ccccc1C(=O)N(CCCNC(=O)c1ccc2c(c1)OCO2)c1ccccc1. The van der Waals surface area contributed by atoms with Crippen molar-refractivity contribution in [2.24, 2.45) is 0 Å². The van der Waals surface area contributed by atoms with Crippen LogP contribution in [0.2, 0.25) is 0 Å². The normalized spacial score (nSPS) is 11.8. The van der Waals surface area contributed by atoms with Gasteiger partial charge in [0.2, 0.25) is 6.79 Å². The van der Waals surface area contributed by atoms with Crippen LogP contribution in [0.25, 0.3) is 0 Å². The maximum absolute atomic E-state index is 13.2. The first-order chi connectivity index (χ1) is 15.1. The summed E-state index contributed by atoms with van der Waals surface area (Å²) in [4.78, 5) is 27.5. The minimum Gasteiger partial charge on any atom is -0.454 e. The molecule has 0 fully saturated rings. The van der Waals surface area contributed by atoms with Crippen molar-refractivity contribution in [1.82, 2.24) is 5.32 Å². The minimum atomic E-state index is -0.185. The first kappa shape index (κ1) is 20.5. The highest BCUT2D eigenvalue weighted by atomic mass is 16.7. The van der Waals surface area contributed by atoms with E-state index in [-0.39, 0.29) is 18.6 Å². The molecule has 6 nitrogen and oxygen atoms in total. The van der Waals surface area contributed by atoms with Crippen LogP contribution in [0.4, 0.5) is 5.69 Å². The number of ether oxygens (including phenoxy) is 2. The fraction of sp³-hybridized carbons (Fsp3) is 0.200. The quantitative estimate of drug-likeness (QED) is 0.587. The lowest BCUT2D eigenvalue weighted by Gasteiger charge is -2.24. The Morgan fingerprint density at radius 3 is 2.48 bits per heavy atom. The molecule has 0 spiro atoms. The number of carbonyl (C=O) groups is 2. The Bertz CT molecular complexity index is 1080. The van der Waals surface area contributed by atoms with E-state index in [9.17, 15) is 9.59 Å². The van der Waals surface area contributed by atoms with Crippen molar-refractivity contribution in [1.29, 1.82) is 0 Å². The van der Waals surface area contributed by atoms with Crippen LogP contribution < -0.4 is 19.7 Å². The number of fused-ring (bicyclic) bond motifs is 1. The van der Waals surface area contributed by atoms with Gasteiger partial charge >= 0.3 is 0 Å². The summed E-state index contributed by atoms with van der Waals surface area (Å²) in [7, 11) is 0. The summed E-state index contributed by atoms with van der Waals surface area (Å²) in [5.74, 6) is 0.984. The fourth-order valence-corrected chi connectivity index (χ4v) is 3.49. The summed E-state index contributed by atoms with van der Waals surface area (Å²) in [6.45, 7) is 3.03. The van der Waals surface area contributed by atoms with Gasteiger partial charge in [0, 0.05) is 29.9 Å². The Morgan fingerprint density at radius 2 is 1.68 bits per heavy atom. The van der Waals surface area contributed by atoms with E-state index in [1.54, 1.807) is 23.1 Å². The third-order valence-corrected chi connectivity index (χ3v) is 5.17. The van der Waals surface area contributed by atoms with E-state index >= 15 is 0 Å². The molecule has 0 saturated heterocycles. The Balaban J connectivity index is 1.39. The standard InChI is InChI=1S/C25H24N2O4/c1-18-8-5-6-11-21(18)25(29)27(20-9-3-2-4-10-20)15-7-14-26-24(28)19-12-13-22-23(16-19)31-17-30-22/h2-6,8-13,16H,7,14-15,17H2,1H3,(H,26,28). The lowest BCUT2D eigenvalue weighted by molar-refractivity contribution is 0.0953. The summed E-state index contributed by atoms with van der Waals surface area (Å²) in [6.07, 6.45) is 0.614. The molecule has 1 aliphatic heterocycles. The number of carbonyl (C=O) groups excluding carboxylic acids is 2. The van der Waals surface area contributed by atoms with E-state index in [2.05, 4.69) is 5.32 Å². The molecule has 6 heteroatoms. The summed E-state index contributed by atoms with van der Waals surface area (Å²) in [6, 6.07) is 22.3. The van der Waals surface area contributed by atoms with Crippen molar-refractivity contribution in [3.05, 3.63) is 89.5 Å². The van der Waals surface area contributed by atoms with Crippen LogP contribution in [0.15, 0.2) is 72.8 Å². The number of anilines is 1. The molecule has 0 bridgehead atoms. The second kappa shape index (κ2) is 9.34. The van der Waals surface area contributed by atoms with Crippen molar-refractivity contribution < 1.29 is 19.1 Å². The largest absolute Gasteiger partial charge is 0.454 e. The molecule has 0 atom stereocenters. The molecule has 1 heterocycles. The molecule has 0 aliphatic carbocycles. The van der Waals surface area contributed by atoms with E-state index < -0.39 is 0 Å². The van der Waals surface area contributed by atoms with Crippen LogP contribution in [0.5, 0.6) is 11.5 Å². The van der Waals surface area contributed by atoms with Gasteiger partial charge in [-0.05, 0) is 55.3 Å². The number of benzene rings is 3. The molecule has 4 rings (SSSR count). The maximum atomic E-state index is 13.2. The molecule has 31 heavy (non-hydrogen) atoms. The predicted molar refractivity (Wildman–Crippen MR) is 119 cm³/mol. The molecule has 0 aromatic heterocycles. The molecule has 3 aromatic rings. The zero-order valence-corrected chi connectivity index (χ0v) is 17.3. The Labute approximate surface area is 181 Å². The molecule has 158 valence electrons. The maximum Gasteiger partial charge on any atom is 0.258 e. The van der Waals surface area contributed by atoms with Gasteiger partial charge in [-0.2, -0.15) is 0 Å². The lowest BCUT2D eigenvalue weighted by Crippen LogP contribution is -2.34. The fourth-order valence-electron chi connectivity index (χ4n) is 3.49. The summed E-state index contributed by atoms with van der Waals surface area (Å²) < 4.78 is 10.6. The number of nitrogens with zero attached hydrogens (tertiary/aromatic N) is 1. The van der Waals surface area contributed by atoms with Crippen LogP contribution in [-0.2, 0) is 0 Å². The molecular formula is C25H24N2O4. The molecule has 0 saturated carbocycles. The second-order valence-electron chi connectivity index (χ2n) is 7.28. The molecular weight excluding hydrogens is 392 g/mol. The van der Waals surface area contributed by atoms with E-state index in [0.29, 0.717) is 42.1 Å². The van der Waals surface area contributed by atoms with Crippen LogP contribution in [0, 0.1) is 6.92 Å². The van der Waals surface area contributed by atoms with E-state index in [0.717, 1.165) is 11.3 Å². The number of para-hydroxylation sites is 1. The van der Waals surface area contributed by atoms with Gasteiger partial charge in [0.15, 0.2) is 11.5 Å². The number of hydrogen-bond acceptors (Lipinski definition) is 4. The third-order valence-electron chi connectivity index (χ3n) is 5.17. The monoisotopic (exact) mass is 416 g/mol. The van der Waals surface area contributed by atoms with Gasteiger partial charge in [0.25, 0.3) is 11.8 Å². The summed E-state index contributed by atoms with van der Waals surface area (Å²) in [5.41, 5.74) is 2.96.